The number of aromatic nitrogens is 2. The molecule has 0 saturated carbocycles. The molecular weight excluding hydrogens is 517 g/mol. The van der Waals surface area contributed by atoms with Gasteiger partial charge < -0.3 is 16.5 Å². The Morgan fingerprint density at radius 3 is 2.35 bits per heavy atom. The van der Waals surface area contributed by atoms with Crippen LogP contribution in [0, 0.1) is 0 Å². The van der Waals surface area contributed by atoms with Crippen LogP contribution in [-0.2, 0) is 16.1 Å². The molecule has 0 spiro atoms. The van der Waals surface area contributed by atoms with Crippen molar-refractivity contribution in [1.82, 2.24) is 15.0 Å². The maximum atomic E-state index is 13.6. The molecule has 10 nitrogen and oxygen atoms in total. The molecule has 0 unspecified atom stereocenters. The van der Waals surface area contributed by atoms with Crippen LogP contribution in [0.15, 0.2) is 76.8 Å². The molecule has 0 radical (unpaired) electrons. The molecule has 5 N–H and O–H groups in total. The predicted octanol–water partition coefficient (Wildman–Crippen LogP) is 2.12. The van der Waals surface area contributed by atoms with Crippen molar-refractivity contribution in [2.75, 3.05) is 24.6 Å². The van der Waals surface area contributed by atoms with E-state index in [4.69, 9.17) is 16.4 Å². The van der Waals surface area contributed by atoms with Gasteiger partial charge in [-0.05, 0) is 24.0 Å². The van der Waals surface area contributed by atoms with E-state index in [0.717, 1.165) is 11.1 Å². The summed E-state index contributed by atoms with van der Waals surface area (Å²) in [5.41, 5.74) is 10.7. The average molecular weight is 548 g/mol. The van der Waals surface area contributed by atoms with Gasteiger partial charge in [-0.2, -0.15) is 5.10 Å². The van der Waals surface area contributed by atoms with Crippen molar-refractivity contribution in [3.05, 3.63) is 94.0 Å². The summed E-state index contributed by atoms with van der Waals surface area (Å²) in [5.74, 6) is 4.78. The SMILES string of the molecule is Cl.Cl.N/N=C/NOCCN(CC(c1ccccc1)c1ccccc1)c1ncc2n(c1=O)[C@H](C(N)=O)CC2. The van der Waals surface area contributed by atoms with Gasteiger partial charge in [0.25, 0.3) is 5.56 Å². The molecule has 2 aromatic carbocycles. The summed E-state index contributed by atoms with van der Waals surface area (Å²) in [6, 6.07) is 19.5. The van der Waals surface area contributed by atoms with Crippen molar-refractivity contribution in [2.45, 2.75) is 24.8 Å². The van der Waals surface area contributed by atoms with E-state index >= 15 is 0 Å². The Kier molecular flexibility index (Phi) is 11.4. The second-order valence-electron chi connectivity index (χ2n) is 8.27. The third-order valence-electron chi connectivity index (χ3n) is 6.15. The summed E-state index contributed by atoms with van der Waals surface area (Å²) >= 11 is 0. The topological polar surface area (TPSA) is 141 Å². The van der Waals surface area contributed by atoms with E-state index in [-0.39, 0.29) is 48.7 Å². The summed E-state index contributed by atoms with van der Waals surface area (Å²) < 4.78 is 1.48. The molecule has 1 aliphatic rings. The summed E-state index contributed by atoms with van der Waals surface area (Å²) in [5, 5.41) is 3.33. The molecule has 3 aromatic rings. The highest BCUT2D eigenvalue weighted by Crippen LogP contribution is 2.28. The number of amides is 1. The molecule has 0 bridgehead atoms. The third kappa shape index (κ3) is 7.00. The van der Waals surface area contributed by atoms with Gasteiger partial charge in [0.15, 0.2) is 5.82 Å². The molecule has 12 heteroatoms. The number of fused-ring (bicyclic) bond motifs is 1. The normalized spacial score (nSPS) is 14.0. The number of hydroxylamine groups is 1. The maximum Gasteiger partial charge on any atom is 0.294 e. The van der Waals surface area contributed by atoms with Crippen LogP contribution in [0.1, 0.15) is 35.2 Å². The number of hydrogen-bond acceptors (Lipinski definition) is 7. The largest absolute Gasteiger partial charge is 0.368 e. The molecule has 0 aliphatic carbocycles. The molecular formula is C25H31Cl2N7O3. The first-order valence-electron chi connectivity index (χ1n) is 11.4. The minimum Gasteiger partial charge on any atom is -0.368 e. The molecule has 0 saturated heterocycles. The van der Waals surface area contributed by atoms with E-state index in [2.05, 4.69) is 39.8 Å². The minimum absolute atomic E-state index is 0. The summed E-state index contributed by atoms with van der Waals surface area (Å²) in [7, 11) is 0. The molecule has 1 aliphatic heterocycles. The average Bonchev–Trinajstić information content (AvgIpc) is 3.33. The second-order valence-corrected chi connectivity index (χ2v) is 8.27. The number of aryl methyl sites for hydroxylation is 1. The Balaban J connectivity index is 0.00000241. The Bertz CT molecular complexity index is 1190. The number of nitrogens with one attached hydrogen (secondary N) is 1. The lowest BCUT2D eigenvalue weighted by molar-refractivity contribution is -0.121. The molecule has 1 atom stereocenters. The van der Waals surface area contributed by atoms with E-state index < -0.39 is 11.9 Å². The molecule has 0 fully saturated rings. The molecule has 37 heavy (non-hydrogen) atoms. The highest BCUT2D eigenvalue weighted by atomic mass is 35.5. The number of nitrogens with zero attached hydrogens (tertiary/aromatic N) is 4. The number of benzene rings is 2. The molecule has 2 heterocycles. The van der Waals surface area contributed by atoms with Crippen molar-refractivity contribution in [3.63, 3.8) is 0 Å². The van der Waals surface area contributed by atoms with Crippen LogP contribution < -0.4 is 27.5 Å². The van der Waals surface area contributed by atoms with E-state index in [0.29, 0.717) is 31.6 Å². The first-order chi connectivity index (χ1) is 17.1. The quantitative estimate of drug-likeness (QED) is 0.110. The number of halogens is 2. The van der Waals surface area contributed by atoms with Crippen LogP contribution in [0.2, 0.25) is 0 Å². The molecule has 4 rings (SSSR count). The Hall–Kier alpha value is -3.60. The fourth-order valence-electron chi connectivity index (χ4n) is 4.48. The van der Waals surface area contributed by atoms with Gasteiger partial charge in [0, 0.05) is 30.9 Å². The fourth-order valence-corrected chi connectivity index (χ4v) is 4.48. The van der Waals surface area contributed by atoms with Gasteiger partial charge >= 0.3 is 0 Å². The highest BCUT2D eigenvalue weighted by molar-refractivity contribution is 5.85. The van der Waals surface area contributed by atoms with E-state index in [1.165, 1.54) is 10.9 Å². The Morgan fingerprint density at radius 1 is 1.16 bits per heavy atom. The van der Waals surface area contributed by atoms with Crippen LogP contribution >= 0.6 is 24.8 Å². The standard InChI is InChI=1S/C25H29N7O3.2ClH/c26-23(33)22-12-11-20-15-28-24(25(34)32(20)22)31(13-14-35-30-17-29-27)16-21(18-7-3-1-4-8-18)19-9-5-2-6-10-19;;/h1-10,15,17,21-22H,11-14,16,27H2,(H2,26,33)(H,29,30);2*1H/t22-;;/m0../s1. The number of carbonyl (C=O) groups excluding carboxylic acids is 1. The zero-order chi connectivity index (χ0) is 24.6. The van der Waals surface area contributed by atoms with Gasteiger partial charge in [0.2, 0.25) is 5.91 Å². The monoisotopic (exact) mass is 547 g/mol. The second kappa shape index (κ2) is 14.2. The van der Waals surface area contributed by atoms with Crippen molar-refractivity contribution in [3.8, 4) is 0 Å². The lowest BCUT2D eigenvalue weighted by atomic mass is 9.91. The van der Waals surface area contributed by atoms with Gasteiger partial charge in [-0.3, -0.25) is 24.5 Å². The molecule has 1 amide bonds. The number of anilines is 1. The van der Waals surface area contributed by atoms with Crippen LogP contribution in [0.4, 0.5) is 5.82 Å². The summed E-state index contributed by atoms with van der Waals surface area (Å²) in [6.07, 6.45) is 3.96. The van der Waals surface area contributed by atoms with Crippen molar-refractivity contribution in [1.29, 1.82) is 0 Å². The van der Waals surface area contributed by atoms with Gasteiger partial charge in [-0.25, -0.2) is 4.98 Å². The van der Waals surface area contributed by atoms with Gasteiger partial charge in [0.05, 0.1) is 6.61 Å². The van der Waals surface area contributed by atoms with Crippen molar-refractivity contribution >= 4 is 42.9 Å². The third-order valence-corrected chi connectivity index (χ3v) is 6.15. The summed E-state index contributed by atoms with van der Waals surface area (Å²) in [6.45, 7) is 1.04. The summed E-state index contributed by atoms with van der Waals surface area (Å²) in [4.78, 5) is 37.3. The molecule has 1 aromatic heterocycles. The first-order valence-corrected chi connectivity index (χ1v) is 11.4. The fraction of sp³-hybridized carbons (Fsp3) is 0.280. The first kappa shape index (κ1) is 29.6. The predicted molar refractivity (Wildman–Crippen MR) is 148 cm³/mol. The Morgan fingerprint density at radius 2 is 1.78 bits per heavy atom. The van der Waals surface area contributed by atoms with E-state index in [1.54, 1.807) is 6.20 Å². The number of hydrogen-bond donors (Lipinski definition) is 3. The van der Waals surface area contributed by atoms with Gasteiger partial charge in [-0.15, -0.1) is 24.8 Å². The Labute approximate surface area is 227 Å². The van der Waals surface area contributed by atoms with Crippen LogP contribution in [0.25, 0.3) is 0 Å². The molecule has 198 valence electrons. The number of hydrazone groups is 1. The van der Waals surface area contributed by atoms with Crippen LogP contribution in [0.5, 0.6) is 0 Å². The van der Waals surface area contributed by atoms with Crippen molar-refractivity contribution < 1.29 is 9.63 Å². The maximum absolute atomic E-state index is 13.6. The van der Waals surface area contributed by atoms with Crippen LogP contribution in [-0.4, -0.2) is 41.5 Å². The van der Waals surface area contributed by atoms with Gasteiger partial charge in [-0.1, -0.05) is 60.7 Å². The smallest absolute Gasteiger partial charge is 0.294 e. The lowest BCUT2D eigenvalue weighted by Crippen LogP contribution is -2.41. The number of carbonyl (C=O) groups is 1. The van der Waals surface area contributed by atoms with Crippen molar-refractivity contribution in [2.24, 2.45) is 16.7 Å². The zero-order valence-corrected chi connectivity index (χ0v) is 21.7. The lowest BCUT2D eigenvalue weighted by Gasteiger charge is -2.29. The van der Waals surface area contributed by atoms with Crippen LogP contribution in [0.3, 0.4) is 0 Å². The number of rotatable bonds is 11. The minimum atomic E-state index is -0.668. The highest BCUT2D eigenvalue weighted by Gasteiger charge is 2.31. The van der Waals surface area contributed by atoms with E-state index in [9.17, 15) is 9.59 Å². The zero-order valence-electron chi connectivity index (χ0n) is 20.1. The van der Waals surface area contributed by atoms with Gasteiger partial charge in [0.1, 0.15) is 12.4 Å². The van der Waals surface area contributed by atoms with E-state index in [1.807, 2.05) is 41.3 Å². The number of primary amides is 1. The number of nitrogens with two attached hydrogens (primary N) is 2.